The largest absolute Gasteiger partial charge is 0.481 e. The van der Waals surface area contributed by atoms with Crippen LogP contribution in [0, 0.1) is 0 Å². The number of hydrogen-bond donors (Lipinski definition) is 1. The van der Waals surface area contributed by atoms with E-state index in [1.807, 2.05) is 18.2 Å². The number of carbonyl (C=O) groups excluding carboxylic acids is 1. The van der Waals surface area contributed by atoms with Crippen molar-refractivity contribution in [1.82, 2.24) is 5.32 Å². The van der Waals surface area contributed by atoms with Gasteiger partial charge in [0, 0.05) is 16.6 Å². The molecular formula is C17H15Cl2NO4. The van der Waals surface area contributed by atoms with Gasteiger partial charge in [0.25, 0.3) is 5.91 Å². The molecule has 1 atom stereocenters. The summed E-state index contributed by atoms with van der Waals surface area (Å²) in [6.45, 7) is 2.24. The summed E-state index contributed by atoms with van der Waals surface area (Å²) in [5.74, 6) is 1.58. The molecule has 0 fully saturated rings. The van der Waals surface area contributed by atoms with Crippen LogP contribution in [0.4, 0.5) is 0 Å². The lowest BCUT2D eigenvalue weighted by Gasteiger charge is -2.15. The SMILES string of the molecule is CC(Oc1cc(Cl)cc(Cl)c1)C(=O)NCc1ccc2c(c1)OCO2. The molecule has 2 aromatic carbocycles. The molecule has 5 nitrogen and oxygen atoms in total. The smallest absolute Gasteiger partial charge is 0.261 e. The number of fused-ring (bicyclic) bond motifs is 1. The zero-order valence-electron chi connectivity index (χ0n) is 12.8. The molecule has 2 aromatic rings. The maximum atomic E-state index is 12.2. The van der Waals surface area contributed by atoms with Crippen LogP contribution in [0.2, 0.25) is 10.0 Å². The molecule has 1 aliphatic rings. The highest BCUT2D eigenvalue weighted by Crippen LogP contribution is 2.32. The van der Waals surface area contributed by atoms with Crippen LogP contribution in [0.25, 0.3) is 0 Å². The van der Waals surface area contributed by atoms with E-state index in [4.69, 9.17) is 37.4 Å². The third-order valence-electron chi connectivity index (χ3n) is 3.42. The first-order valence-electron chi connectivity index (χ1n) is 7.30. The Bertz CT molecular complexity index is 746. The molecule has 1 N–H and O–H groups in total. The van der Waals surface area contributed by atoms with Crippen LogP contribution in [0.5, 0.6) is 17.2 Å². The van der Waals surface area contributed by atoms with Crippen molar-refractivity contribution in [3.05, 3.63) is 52.0 Å². The molecule has 0 spiro atoms. The monoisotopic (exact) mass is 367 g/mol. The number of halogens is 2. The number of ether oxygens (including phenoxy) is 3. The minimum Gasteiger partial charge on any atom is -0.481 e. The van der Waals surface area contributed by atoms with E-state index in [-0.39, 0.29) is 12.7 Å². The number of hydrogen-bond acceptors (Lipinski definition) is 4. The van der Waals surface area contributed by atoms with Crippen molar-refractivity contribution in [2.24, 2.45) is 0 Å². The lowest BCUT2D eigenvalue weighted by atomic mass is 10.2. The second-order valence-corrected chi connectivity index (χ2v) is 6.14. The summed E-state index contributed by atoms with van der Waals surface area (Å²) in [6.07, 6.45) is -0.687. The molecule has 0 saturated carbocycles. The van der Waals surface area contributed by atoms with Gasteiger partial charge in [-0.25, -0.2) is 0 Å². The second-order valence-electron chi connectivity index (χ2n) is 5.27. The Morgan fingerprint density at radius 1 is 1.17 bits per heavy atom. The van der Waals surface area contributed by atoms with Crippen LogP contribution >= 0.6 is 23.2 Å². The van der Waals surface area contributed by atoms with E-state index in [0.717, 1.165) is 5.56 Å². The first kappa shape index (κ1) is 16.7. The Morgan fingerprint density at radius 2 is 1.88 bits per heavy atom. The molecule has 1 unspecified atom stereocenters. The van der Waals surface area contributed by atoms with Crippen LogP contribution in [0.15, 0.2) is 36.4 Å². The molecule has 0 radical (unpaired) electrons. The third-order valence-corrected chi connectivity index (χ3v) is 3.86. The standard InChI is InChI=1S/C17H15Cl2NO4/c1-10(24-14-6-12(18)5-13(19)7-14)17(21)20-8-11-2-3-15-16(4-11)23-9-22-15/h2-7,10H,8-9H2,1H3,(H,20,21). The minimum atomic E-state index is -0.687. The van der Waals surface area contributed by atoms with Crippen LogP contribution in [0.1, 0.15) is 12.5 Å². The van der Waals surface area contributed by atoms with Crippen LogP contribution in [-0.4, -0.2) is 18.8 Å². The van der Waals surface area contributed by atoms with E-state index < -0.39 is 6.10 Å². The lowest BCUT2D eigenvalue weighted by Crippen LogP contribution is -2.35. The Labute approximate surface area is 149 Å². The number of rotatable bonds is 5. The van der Waals surface area contributed by atoms with Gasteiger partial charge in [-0.1, -0.05) is 29.3 Å². The van der Waals surface area contributed by atoms with Gasteiger partial charge >= 0.3 is 0 Å². The van der Waals surface area contributed by atoms with Crippen molar-refractivity contribution in [3.63, 3.8) is 0 Å². The summed E-state index contributed by atoms with van der Waals surface area (Å²) < 4.78 is 16.1. The Kier molecular flexibility index (Phi) is 5.02. The molecule has 1 aliphatic heterocycles. The topological polar surface area (TPSA) is 56.8 Å². The van der Waals surface area contributed by atoms with Crippen molar-refractivity contribution in [2.75, 3.05) is 6.79 Å². The molecule has 1 heterocycles. The minimum absolute atomic E-state index is 0.220. The number of amides is 1. The van der Waals surface area contributed by atoms with Crippen molar-refractivity contribution >= 4 is 29.1 Å². The fourth-order valence-electron chi connectivity index (χ4n) is 2.24. The maximum Gasteiger partial charge on any atom is 0.261 e. The van der Waals surface area contributed by atoms with Gasteiger partial charge in [0.05, 0.1) is 0 Å². The summed E-state index contributed by atoms with van der Waals surface area (Å²) in [6, 6.07) is 10.3. The third kappa shape index (κ3) is 4.04. The molecule has 0 saturated heterocycles. The van der Waals surface area contributed by atoms with E-state index in [2.05, 4.69) is 5.32 Å². The number of benzene rings is 2. The molecule has 3 rings (SSSR count). The van der Waals surface area contributed by atoms with Gasteiger partial charge in [0.2, 0.25) is 6.79 Å². The highest BCUT2D eigenvalue weighted by molar-refractivity contribution is 6.34. The van der Waals surface area contributed by atoms with Gasteiger partial charge in [0.15, 0.2) is 17.6 Å². The molecule has 0 aliphatic carbocycles. The normalized spacial score (nSPS) is 13.5. The zero-order valence-corrected chi connectivity index (χ0v) is 14.4. The zero-order chi connectivity index (χ0) is 17.1. The summed E-state index contributed by atoms with van der Waals surface area (Å²) in [5.41, 5.74) is 0.908. The van der Waals surface area contributed by atoms with E-state index in [9.17, 15) is 4.79 Å². The van der Waals surface area contributed by atoms with E-state index in [1.54, 1.807) is 25.1 Å². The molecule has 1 amide bonds. The van der Waals surface area contributed by atoms with Crippen molar-refractivity contribution < 1.29 is 19.0 Å². The average Bonchev–Trinajstić information content (AvgIpc) is 2.99. The molecule has 0 aromatic heterocycles. The van der Waals surface area contributed by atoms with Crippen molar-refractivity contribution in [3.8, 4) is 17.2 Å². The number of nitrogens with one attached hydrogen (secondary N) is 1. The summed E-state index contributed by atoms with van der Waals surface area (Å²) in [4.78, 5) is 12.2. The quantitative estimate of drug-likeness (QED) is 0.872. The Balaban J connectivity index is 1.56. The average molecular weight is 368 g/mol. The second kappa shape index (κ2) is 7.20. The summed E-state index contributed by atoms with van der Waals surface area (Å²) >= 11 is 11.8. The highest BCUT2D eigenvalue weighted by atomic mass is 35.5. The van der Waals surface area contributed by atoms with E-state index in [0.29, 0.717) is 33.8 Å². The van der Waals surface area contributed by atoms with Crippen LogP contribution in [-0.2, 0) is 11.3 Å². The van der Waals surface area contributed by atoms with Crippen LogP contribution in [0.3, 0.4) is 0 Å². The first-order valence-corrected chi connectivity index (χ1v) is 8.06. The van der Waals surface area contributed by atoms with Gasteiger partial charge in [-0.05, 0) is 42.8 Å². The van der Waals surface area contributed by atoms with Gasteiger partial charge < -0.3 is 19.5 Å². The van der Waals surface area contributed by atoms with E-state index >= 15 is 0 Å². The van der Waals surface area contributed by atoms with Gasteiger partial charge in [-0.3, -0.25) is 4.79 Å². The molecule has 7 heteroatoms. The maximum absolute atomic E-state index is 12.2. The summed E-state index contributed by atoms with van der Waals surface area (Å²) in [5, 5.41) is 3.71. The van der Waals surface area contributed by atoms with Crippen molar-refractivity contribution in [2.45, 2.75) is 19.6 Å². The summed E-state index contributed by atoms with van der Waals surface area (Å²) in [7, 11) is 0. The van der Waals surface area contributed by atoms with Gasteiger partial charge in [-0.2, -0.15) is 0 Å². The first-order chi connectivity index (χ1) is 11.5. The van der Waals surface area contributed by atoms with Crippen LogP contribution < -0.4 is 19.5 Å². The fraction of sp³-hybridized carbons (Fsp3) is 0.235. The van der Waals surface area contributed by atoms with Gasteiger partial charge in [-0.15, -0.1) is 0 Å². The Hall–Kier alpha value is -2.11. The fourth-order valence-corrected chi connectivity index (χ4v) is 2.74. The molecule has 126 valence electrons. The lowest BCUT2D eigenvalue weighted by molar-refractivity contribution is -0.127. The van der Waals surface area contributed by atoms with Crippen molar-refractivity contribution in [1.29, 1.82) is 0 Å². The molecular weight excluding hydrogens is 353 g/mol. The number of carbonyl (C=O) groups is 1. The Morgan fingerprint density at radius 3 is 2.62 bits per heavy atom. The molecule has 0 bridgehead atoms. The highest BCUT2D eigenvalue weighted by Gasteiger charge is 2.17. The van der Waals surface area contributed by atoms with E-state index in [1.165, 1.54) is 0 Å². The van der Waals surface area contributed by atoms with Gasteiger partial charge in [0.1, 0.15) is 5.75 Å². The predicted molar refractivity (Wildman–Crippen MR) is 91.0 cm³/mol. The molecule has 24 heavy (non-hydrogen) atoms. The predicted octanol–water partition coefficient (Wildman–Crippen LogP) is 3.81.